The maximum Gasteiger partial charge on any atom is 0.244 e. The summed E-state index contributed by atoms with van der Waals surface area (Å²) in [6.45, 7) is 5.48. The average Bonchev–Trinajstić information content (AvgIpc) is 3.18. The lowest BCUT2D eigenvalue weighted by molar-refractivity contribution is -0.116. The number of benzene rings is 2. The highest BCUT2D eigenvalue weighted by molar-refractivity contribution is 7.99. The summed E-state index contributed by atoms with van der Waals surface area (Å²) in [6, 6.07) is 18.0. The monoisotopic (exact) mass is 450 g/mol. The molecule has 0 spiro atoms. The number of carbonyl (C=O) groups excluding carboxylic acids is 1. The zero-order valence-corrected chi connectivity index (χ0v) is 19.6. The third-order valence-corrected chi connectivity index (χ3v) is 5.74. The molecule has 0 radical (unpaired) electrons. The van der Waals surface area contributed by atoms with Crippen LogP contribution in [0.2, 0.25) is 0 Å². The smallest absolute Gasteiger partial charge is 0.244 e. The Morgan fingerprint density at radius 1 is 1.12 bits per heavy atom. The third-order valence-electron chi connectivity index (χ3n) is 4.77. The summed E-state index contributed by atoms with van der Waals surface area (Å²) < 4.78 is 7.27. The van der Waals surface area contributed by atoms with Gasteiger partial charge in [-0.2, -0.15) is 0 Å². The fourth-order valence-electron chi connectivity index (χ4n) is 3.12. The van der Waals surface area contributed by atoms with Gasteiger partial charge in [-0.1, -0.05) is 68.1 Å². The quantitative estimate of drug-likeness (QED) is 0.341. The lowest BCUT2D eigenvalue weighted by Gasteiger charge is -2.12. The first kappa shape index (κ1) is 23.6. The molecule has 7 heteroatoms. The van der Waals surface area contributed by atoms with Gasteiger partial charge in [0, 0.05) is 18.4 Å². The third kappa shape index (κ3) is 7.27. The molecule has 2 aromatic carbocycles. The Morgan fingerprint density at radius 3 is 2.56 bits per heavy atom. The van der Waals surface area contributed by atoms with Gasteiger partial charge in [0.15, 0.2) is 11.0 Å². The predicted molar refractivity (Wildman–Crippen MR) is 130 cm³/mol. The molecule has 0 fully saturated rings. The van der Waals surface area contributed by atoms with E-state index in [4.69, 9.17) is 4.74 Å². The van der Waals surface area contributed by atoms with Crippen LogP contribution in [0.3, 0.4) is 0 Å². The van der Waals surface area contributed by atoms with Crippen molar-refractivity contribution >= 4 is 23.7 Å². The van der Waals surface area contributed by atoms with Crippen LogP contribution in [0.5, 0.6) is 5.75 Å². The summed E-state index contributed by atoms with van der Waals surface area (Å²) in [4.78, 5) is 12.3. The van der Waals surface area contributed by atoms with E-state index < -0.39 is 0 Å². The number of rotatable bonds is 11. The van der Waals surface area contributed by atoms with Crippen molar-refractivity contribution in [3.8, 4) is 5.75 Å². The number of methoxy groups -OCH3 is 1. The molecule has 1 heterocycles. The Balaban J connectivity index is 1.57. The largest absolute Gasteiger partial charge is 0.497 e. The van der Waals surface area contributed by atoms with Crippen molar-refractivity contribution in [1.82, 2.24) is 20.1 Å². The van der Waals surface area contributed by atoms with Gasteiger partial charge in [0.2, 0.25) is 5.91 Å². The van der Waals surface area contributed by atoms with Crippen molar-refractivity contribution in [1.29, 1.82) is 0 Å². The van der Waals surface area contributed by atoms with Crippen LogP contribution >= 0.6 is 11.8 Å². The number of nitrogens with one attached hydrogen (secondary N) is 1. The number of ether oxygens (including phenoxy) is 1. The van der Waals surface area contributed by atoms with E-state index in [1.807, 2.05) is 30.3 Å². The van der Waals surface area contributed by atoms with Crippen molar-refractivity contribution < 1.29 is 9.53 Å². The average molecular weight is 451 g/mol. The minimum atomic E-state index is -0.168. The molecule has 0 aliphatic heterocycles. The number of amides is 1. The molecule has 0 atom stereocenters. The molecule has 32 heavy (non-hydrogen) atoms. The molecule has 6 nitrogen and oxygen atoms in total. The molecule has 168 valence electrons. The van der Waals surface area contributed by atoms with Crippen LogP contribution in [0.25, 0.3) is 6.08 Å². The molecule has 3 rings (SSSR count). The zero-order valence-electron chi connectivity index (χ0n) is 18.8. The number of nitrogens with zero attached hydrogens (tertiary/aromatic N) is 3. The molecule has 3 aromatic rings. The maximum absolute atomic E-state index is 12.3. The summed E-state index contributed by atoms with van der Waals surface area (Å²) in [7, 11) is 1.63. The second kappa shape index (κ2) is 12.1. The summed E-state index contributed by atoms with van der Waals surface area (Å²) in [6.07, 6.45) is 4.28. The van der Waals surface area contributed by atoms with Crippen molar-refractivity contribution in [3.63, 3.8) is 0 Å². The lowest BCUT2D eigenvalue weighted by atomic mass is 10.2. The van der Waals surface area contributed by atoms with Crippen LogP contribution in [0, 0.1) is 5.92 Å². The summed E-state index contributed by atoms with van der Waals surface area (Å²) >= 11 is 1.70. The van der Waals surface area contributed by atoms with Crippen LogP contribution in [0.1, 0.15) is 30.8 Å². The Labute approximate surface area is 194 Å². The summed E-state index contributed by atoms with van der Waals surface area (Å²) in [5.74, 6) is 2.76. The molecule has 0 aliphatic rings. The van der Waals surface area contributed by atoms with Gasteiger partial charge in [0.05, 0.1) is 13.7 Å². The van der Waals surface area contributed by atoms with E-state index >= 15 is 0 Å². The molecule has 0 aliphatic carbocycles. The molecule has 0 unspecified atom stereocenters. The van der Waals surface area contributed by atoms with Crippen molar-refractivity contribution in [2.75, 3.05) is 12.9 Å². The number of hydrogen-bond donors (Lipinski definition) is 1. The minimum Gasteiger partial charge on any atom is -0.497 e. The SMILES string of the molecule is COc1ccc(C=CC(=O)NCc2nnc(SCCc3ccccc3)n2CC(C)C)cc1. The fraction of sp³-hybridized carbons (Fsp3) is 0.320. The predicted octanol–water partition coefficient (Wildman–Crippen LogP) is 4.61. The Morgan fingerprint density at radius 2 is 1.88 bits per heavy atom. The number of thioether (sulfide) groups is 1. The Hall–Kier alpha value is -3.06. The Bertz CT molecular complexity index is 1010. The molecule has 1 aromatic heterocycles. The zero-order chi connectivity index (χ0) is 22.8. The normalized spacial score (nSPS) is 11.2. The van der Waals surface area contributed by atoms with Crippen molar-refractivity contribution in [2.45, 2.75) is 38.5 Å². The Kier molecular flexibility index (Phi) is 8.92. The van der Waals surface area contributed by atoms with Crippen molar-refractivity contribution in [3.05, 3.63) is 77.6 Å². The maximum atomic E-state index is 12.3. The van der Waals surface area contributed by atoms with Gasteiger partial charge in [-0.3, -0.25) is 4.79 Å². The van der Waals surface area contributed by atoms with Gasteiger partial charge in [0.25, 0.3) is 0 Å². The van der Waals surface area contributed by atoms with E-state index in [0.717, 1.165) is 41.0 Å². The minimum absolute atomic E-state index is 0.168. The number of aryl methyl sites for hydroxylation is 1. The highest BCUT2D eigenvalue weighted by atomic mass is 32.2. The molecular formula is C25H30N4O2S. The highest BCUT2D eigenvalue weighted by Gasteiger charge is 2.14. The second-order valence-corrected chi connectivity index (χ2v) is 8.87. The van der Waals surface area contributed by atoms with E-state index in [2.05, 4.69) is 58.2 Å². The number of aromatic nitrogens is 3. The number of hydrogen-bond acceptors (Lipinski definition) is 5. The highest BCUT2D eigenvalue weighted by Crippen LogP contribution is 2.20. The molecule has 0 bridgehead atoms. The van der Waals surface area contributed by atoms with Crippen LogP contribution in [0.15, 0.2) is 65.8 Å². The first-order chi connectivity index (χ1) is 15.5. The van der Waals surface area contributed by atoms with Gasteiger partial charge in [-0.15, -0.1) is 10.2 Å². The van der Waals surface area contributed by atoms with E-state index in [-0.39, 0.29) is 5.91 Å². The molecule has 1 amide bonds. The van der Waals surface area contributed by atoms with Gasteiger partial charge >= 0.3 is 0 Å². The summed E-state index contributed by atoms with van der Waals surface area (Å²) in [5, 5.41) is 12.5. The topological polar surface area (TPSA) is 69.0 Å². The molecular weight excluding hydrogens is 420 g/mol. The molecule has 0 saturated heterocycles. The first-order valence-corrected chi connectivity index (χ1v) is 11.7. The van der Waals surface area contributed by atoms with Gasteiger partial charge in [-0.25, -0.2) is 0 Å². The van der Waals surface area contributed by atoms with Crippen LogP contribution in [-0.4, -0.2) is 33.5 Å². The molecule has 0 saturated carbocycles. The van der Waals surface area contributed by atoms with Crippen molar-refractivity contribution in [2.24, 2.45) is 5.92 Å². The van der Waals surface area contributed by atoms with Crippen LogP contribution < -0.4 is 10.1 Å². The van der Waals surface area contributed by atoms with E-state index in [1.165, 1.54) is 11.6 Å². The van der Waals surface area contributed by atoms with E-state index in [1.54, 1.807) is 24.9 Å². The second-order valence-electron chi connectivity index (χ2n) is 7.81. The molecule has 1 N–H and O–H groups in total. The lowest BCUT2D eigenvalue weighted by Crippen LogP contribution is -2.23. The standard InChI is InChI=1S/C25H30N4O2S/c1-19(2)18-29-23(27-28-25(29)32-16-15-20-7-5-4-6-8-20)17-26-24(30)14-11-21-9-12-22(31-3)13-10-21/h4-14,19H,15-18H2,1-3H3,(H,26,30). The summed E-state index contributed by atoms with van der Waals surface area (Å²) in [5.41, 5.74) is 2.24. The van der Waals surface area contributed by atoms with Gasteiger partial charge < -0.3 is 14.6 Å². The fourth-order valence-corrected chi connectivity index (χ4v) is 4.08. The van der Waals surface area contributed by atoms with Gasteiger partial charge in [0.1, 0.15) is 5.75 Å². The van der Waals surface area contributed by atoms with Crippen LogP contribution in [-0.2, 0) is 24.3 Å². The first-order valence-electron chi connectivity index (χ1n) is 10.7. The van der Waals surface area contributed by atoms with Gasteiger partial charge in [-0.05, 0) is 41.7 Å². The van der Waals surface area contributed by atoms with E-state index in [0.29, 0.717) is 12.5 Å². The van der Waals surface area contributed by atoms with Crippen LogP contribution in [0.4, 0.5) is 0 Å². The van der Waals surface area contributed by atoms with E-state index in [9.17, 15) is 4.79 Å². The number of carbonyl (C=O) groups is 1.